The van der Waals surface area contributed by atoms with E-state index >= 15 is 0 Å². The largest absolute Gasteiger partial charge is 0.395 e. The molecule has 0 spiro atoms. The second-order valence-corrected chi connectivity index (χ2v) is 3.73. The minimum absolute atomic E-state index is 0.331. The molecule has 0 aromatic carbocycles. The highest BCUT2D eigenvalue weighted by Gasteiger charge is 2.19. The SMILES string of the molecule is CCc1nn(C)c(C(=O)Nc2cnccn2)c1N. The molecule has 7 nitrogen and oxygen atoms in total. The van der Waals surface area contributed by atoms with Crippen molar-refractivity contribution in [3.63, 3.8) is 0 Å². The summed E-state index contributed by atoms with van der Waals surface area (Å²) in [5.41, 5.74) is 7.33. The second kappa shape index (κ2) is 4.82. The van der Waals surface area contributed by atoms with Crippen molar-refractivity contribution >= 4 is 17.4 Å². The third-order valence-corrected chi connectivity index (χ3v) is 2.52. The molecule has 2 heterocycles. The van der Waals surface area contributed by atoms with E-state index in [2.05, 4.69) is 20.4 Å². The van der Waals surface area contributed by atoms with Crippen LogP contribution in [0.5, 0.6) is 0 Å². The summed E-state index contributed by atoms with van der Waals surface area (Å²) in [4.78, 5) is 19.9. The van der Waals surface area contributed by atoms with E-state index in [1.54, 1.807) is 7.05 Å². The predicted octanol–water partition coefficient (Wildman–Crippen LogP) is 0.607. The van der Waals surface area contributed by atoms with Crippen molar-refractivity contribution in [2.24, 2.45) is 7.05 Å². The molecular formula is C11H14N6O. The fourth-order valence-electron chi connectivity index (χ4n) is 1.67. The number of carbonyl (C=O) groups excluding carboxylic acids is 1. The fourth-order valence-corrected chi connectivity index (χ4v) is 1.67. The van der Waals surface area contributed by atoms with Gasteiger partial charge in [-0.2, -0.15) is 5.10 Å². The first-order valence-corrected chi connectivity index (χ1v) is 5.52. The number of carbonyl (C=O) groups is 1. The second-order valence-electron chi connectivity index (χ2n) is 3.73. The van der Waals surface area contributed by atoms with Crippen molar-refractivity contribution in [3.05, 3.63) is 30.0 Å². The summed E-state index contributed by atoms with van der Waals surface area (Å²) < 4.78 is 1.47. The standard InChI is InChI=1S/C11H14N6O/c1-3-7-9(12)10(17(2)16-7)11(18)15-8-6-13-4-5-14-8/h4-6H,3,12H2,1-2H3,(H,14,15,18). The zero-order valence-corrected chi connectivity index (χ0v) is 10.2. The molecule has 0 radical (unpaired) electrons. The van der Waals surface area contributed by atoms with E-state index < -0.39 is 0 Å². The van der Waals surface area contributed by atoms with Gasteiger partial charge < -0.3 is 11.1 Å². The van der Waals surface area contributed by atoms with E-state index in [0.717, 1.165) is 0 Å². The van der Waals surface area contributed by atoms with Gasteiger partial charge in [-0.25, -0.2) is 4.98 Å². The Bertz CT molecular complexity index is 562. The molecule has 0 aliphatic carbocycles. The molecule has 1 amide bonds. The lowest BCUT2D eigenvalue weighted by Gasteiger charge is -2.04. The van der Waals surface area contributed by atoms with Crippen LogP contribution in [0.2, 0.25) is 0 Å². The fraction of sp³-hybridized carbons (Fsp3) is 0.273. The van der Waals surface area contributed by atoms with Gasteiger partial charge >= 0.3 is 0 Å². The van der Waals surface area contributed by atoms with E-state index in [1.165, 1.54) is 23.3 Å². The molecule has 3 N–H and O–H groups in total. The van der Waals surface area contributed by atoms with Crippen molar-refractivity contribution in [3.8, 4) is 0 Å². The summed E-state index contributed by atoms with van der Waals surface area (Å²) >= 11 is 0. The van der Waals surface area contributed by atoms with E-state index in [9.17, 15) is 4.79 Å². The van der Waals surface area contributed by atoms with Gasteiger partial charge in [0, 0.05) is 19.4 Å². The van der Waals surface area contributed by atoms with Crippen LogP contribution < -0.4 is 11.1 Å². The van der Waals surface area contributed by atoms with Gasteiger partial charge in [-0.05, 0) is 6.42 Å². The van der Waals surface area contributed by atoms with Crippen LogP contribution in [0.15, 0.2) is 18.6 Å². The van der Waals surface area contributed by atoms with Gasteiger partial charge in [0.2, 0.25) is 0 Å². The van der Waals surface area contributed by atoms with E-state index in [-0.39, 0.29) is 5.91 Å². The highest BCUT2D eigenvalue weighted by atomic mass is 16.2. The van der Waals surface area contributed by atoms with Crippen LogP contribution >= 0.6 is 0 Å². The summed E-state index contributed by atoms with van der Waals surface area (Å²) in [5, 5.41) is 6.81. The Morgan fingerprint density at radius 2 is 2.28 bits per heavy atom. The molecule has 2 rings (SSSR count). The number of aryl methyl sites for hydroxylation is 2. The van der Waals surface area contributed by atoms with Crippen molar-refractivity contribution in [1.29, 1.82) is 0 Å². The summed E-state index contributed by atoms with van der Waals surface area (Å²) in [6.07, 6.45) is 5.17. The maximum absolute atomic E-state index is 12.1. The predicted molar refractivity (Wildman–Crippen MR) is 67.0 cm³/mol. The van der Waals surface area contributed by atoms with Crippen LogP contribution in [0.4, 0.5) is 11.5 Å². The van der Waals surface area contributed by atoms with Crippen LogP contribution in [-0.4, -0.2) is 25.7 Å². The number of hydrogen-bond acceptors (Lipinski definition) is 5. The molecule has 0 saturated heterocycles. The minimum Gasteiger partial charge on any atom is -0.395 e. The molecule has 2 aromatic rings. The number of nitrogens with two attached hydrogens (primary N) is 1. The molecule has 0 atom stereocenters. The van der Waals surface area contributed by atoms with Crippen LogP contribution in [0.1, 0.15) is 23.1 Å². The van der Waals surface area contributed by atoms with Gasteiger partial charge in [-0.3, -0.25) is 14.5 Å². The summed E-state index contributed by atoms with van der Waals surface area (Å²) in [7, 11) is 1.68. The number of rotatable bonds is 3. The monoisotopic (exact) mass is 246 g/mol. The molecule has 0 saturated carbocycles. The molecule has 0 aliphatic heterocycles. The molecule has 94 valence electrons. The smallest absolute Gasteiger partial charge is 0.277 e. The average molecular weight is 246 g/mol. The number of amides is 1. The van der Waals surface area contributed by atoms with E-state index in [1.807, 2.05) is 6.92 Å². The minimum atomic E-state index is -0.345. The Balaban J connectivity index is 2.27. The average Bonchev–Trinajstić information content (AvgIpc) is 2.65. The molecule has 18 heavy (non-hydrogen) atoms. The first-order valence-electron chi connectivity index (χ1n) is 5.52. The summed E-state index contributed by atoms with van der Waals surface area (Å²) in [6.45, 7) is 1.93. The Hall–Kier alpha value is -2.44. The Labute approximate surface area is 104 Å². The first-order chi connectivity index (χ1) is 8.63. The van der Waals surface area contributed by atoms with Gasteiger partial charge in [0.15, 0.2) is 5.82 Å². The van der Waals surface area contributed by atoms with Crippen LogP contribution in [0.25, 0.3) is 0 Å². The van der Waals surface area contributed by atoms with Gasteiger partial charge in [0.25, 0.3) is 5.91 Å². The maximum atomic E-state index is 12.1. The van der Waals surface area contributed by atoms with E-state index in [4.69, 9.17) is 5.73 Å². The summed E-state index contributed by atoms with van der Waals surface area (Å²) in [6, 6.07) is 0. The van der Waals surface area contributed by atoms with Crippen LogP contribution in [0, 0.1) is 0 Å². The molecular weight excluding hydrogens is 232 g/mol. The number of anilines is 2. The van der Waals surface area contributed by atoms with Gasteiger partial charge in [-0.1, -0.05) is 6.92 Å². The number of aromatic nitrogens is 4. The normalized spacial score (nSPS) is 10.3. The van der Waals surface area contributed by atoms with E-state index in [0.29, 0.717) is 29.3 Å². The van der Waals surface area contributed by atoms with Gasteiger partial charge in [0.05, 0.1) is 17.6 Å². The maximum Gasteiger partial charge on any atom is 0.277 e. The van der Waals surface area contributed by atoms with Crippen LogP contribution in [-0.2, 0) is 13.5 Å². The topological polar surface area (TPSA) is 98.7 Å². The van der Waals surface area contributed by atoms with Gasteiger partial charge in [0.1, 0.15) is 5.69 Å². The molecule has 0 aliphatic rings. The first kappa shape index (κ1) is 12.0. The Morgan fingerprint density at radius 3 is 2.83 bits per heavy atom. The number of nitrogen functional groups attached to an aromatic ring is 1. The van der Waals surface area contributed by atoms with Crippen molar-refractivity contribution in [2.75, 3.05) is 11.1 Å². The van der Waals surface area contributed by atoms with Crippen LogP contribution in [0.3, 0.4) is 0 Å². The number of nitrogens with one attached hydrogen (secondary N) is 1. The van der Waals surface area contributed by atoms with Crippen molar-refractivity contribution < 1.29 is 4.79 Å². The molecule has 7 heteroatoms. The Kier molecular flexibility index (Phi) is 3.22. The van der Waals surface area contributed by atoms with Crippen molar-refractivity contribution in [2.45, 2.75) is 13.3 Å². The van der Waals surface area contributed by atoms with Crippen molar-refractivity contribution in [1.82, 2.24) is 19.7 Å². The third kappa shape index (κ3) is 2.15. The quantitative estimate of drug-likeness (QED) is 0.826. The molecule has 2 aromatic heterocycles. The van der Waals surface area contributed by atoms with Gasteiger partial charge in [-0.15, -0.1) is 0 Å². The third-order valence-electron chi connectivity index (χ3n) is 2.52. The number of nitrogens with zero attached hydrogens (tertiary/aromatic N) is 4. The highest BCUT2D eigenvalue weighted by Crippen LogP contribution is 2.17. The lowest BCUT2D eigenvalue weighted by Crippen LogP contribution is -2.18. The zero-order valence-electron chi connectivity index (χ0n) is 10.2. The molecule has 0 unspecified atom stereocenters. The zero-order chi connectivity index (χ0) is 13.1. The molecule has 0 fully saturated rings. The Morgan fingerprint density at radius 1 is 1.50 bits per heavy atom. The molecule has 0 bridgehead atoms. The highest BCUT2D eigenvalue weighted by molar-refractivity contribution is 6.06. The number of hydrogen-bond donors (Lipinski definition) is 2. The lowest BCUT2D eigenvalue weighted by molar-refractivity contribution is 0.101. The lowest BCUT2D eigenvalue weighted by atomic mass is 10.2. The summed E-state index contributed by atoms with van der Waals surface area (Å²) in [5.74, 6) is 0.0313.